The lowest BCUT2D eigenvalue weighted by Crippen LogP contribution is -2.34. The first kappa shape index (κ1) is 22.4. The number of thiocarbonyl (C=S) groups is 1. The number of anilines is 2. The molecule has 1 aliphatic heterocycles. The summed E-state index contributed by atoms with van der Waals surface area (Å²) in [4.78, 5) is 2.11. The predicted octanol–water partition coefficient (Wildman–Crippen LogP) is 5.45. The second kappa shape index (κ2) is 10.1. The SMILES string of the molecule is OC(NC(=S)Nc1cc(C(F)(F)F)ccc1N1CCCCCCC1)c1ccccc1. The highest BCUT2D eigenvalue weighted by molar-refractivity contribution is 7.80. The van der Waals surface area contributed by atoms with Gasteiger partial charge in [-0.1, -0.05) is 49.6 Å². The Hall–Kier alpha value is -2.32. The Morgan fingerprint density at radius 3 is 2.23 bits per heavy atom. The van der Waals surface area contributed by atoms with E-state index >= 15 is 0 Å². The number of benzene rings is 2. The normalized spacial score (nSPS) is 16.3. The summed E-state index contributed by atoms with van der Waals surface area (Å²) in [5, 5.41) is 16.0. The van der Waals surface area contributed by atoms with Gasteiger partial charge in [-0.3, -0.25) is 0 Å². The number of nitrogens with zero attached hydrogens (tertiary/aromatic N) is 1. The Kier molecular flexibility index (Phi) is 7.55. The smallest absolute Gasteiger partial charge is 0.370 e. The molecule has 1 saturated heterocycles. The summed E-state index contributed by atoms with van der Waals surface area (Å²) in [7, 11) is 0. The lowest BCUT2D eigenvalue weighted by atomic mass is 10.1. The minimum Gasteiger partial charge on any atom is -0.370 e. The van der Waals surface area contributed by atoms with Crippen LogP contribution in [0.4, 0.5) is 24.5 Å². The van der Waals surface area contributed by atoms with Crippen LogP contribution in [-0.4, -0.2) is 23.3 Å². The molecule has 0 spiro atoms. The van der Waals surface area contributed by atoms with Crippen molar-refractivity contribution in [2.45, 2.75) is 44.5 Å². The average molecular weight is 438 g/mol. The standard InChI is InChI=1S/C22H26F3N3OS/c23-22(24,25)17-11-12-19(28-13-7-2-1-3-8-14-28)18(15-17)26-21(30)27-20(29)16-9-5-4-6-10-16/h4-6,9-12,15,20,29H,1-3,7-8,13-14H2,(H2,26,27,30). The van der Waals surface area contributed by atoms with Crippen molar-refractivity contribution >= 4 is 28.7 Å². The molecule has 2 aromatic rings. The van der Waals surface area contributed by atoms with Crippen LogP contribution < -0.4 is 15.5 Å². The molecule has 4 nitrogen and oxygen atoms in total. The highest BCUT2D eigenvalue weighted by Gasteiger charge is 2.31. The fourth-order valence-corrected chi connectivity index (χ4v) is 3.80. The predicted molar refractivity (Wildman–Crippen MR) is 118 cm³/mol. The van der Waals surface area contributed by atoms with E-state index in [9.17, 15) is 18.3 Å². The van der Waals surface area contributed by atoms with Crippen molar-refractivity contribution < 1.29 is 18.3 Å². The zero-order valence-electron chi connectivity index (χ0n) is 16.6. The van der Waals surface area contributed by atoms with E-state index in [1.54, 1.807) is 24.3 Å². The van der Waals surface area contributed by atoms with Crippen molar-refractivity contribution in [3.8, 4) is 0 Å². The fourth-order valence-electron chi connectivity index (χ4n) is 3.58. The zero-order chi connectivity index (χ0) is 21.6. The lowest BCUT2D eigenvalue weighted by molar-refractivity contribution is -0.137. The van der Waals surface area contributed by atoms with Crippen LogP contribution in [0.1, 0.15) is 49.5 Å². The topological polar surface area (TPSA) is 47.5 Å². The largest absolute Gasteiger partial charge is 0.416 e. The molecule has 0 saturated carbocycles. The minimum atomic E-state index is -4.45. The molecule has 0 aliphatic carbocycles. The van der Waals surface area contributed by atoms with Crippen molar-refractivity contribution in [1.29, 1.82) is 0 Å². The number of hydrogen-bond acceptors (Lipinski definition) is 3. The number of rotatable bonds is 4. The van der Waals surface area contributed by atoms with Gasteiger partial charge in [0.1, 0.15) is 0 Å². The molecule has 162 valence electrons. The van der Waals surface area contributed by atoms with Crippen LogP contribution in [0.15, 0.2) is 48.5 Å². The zero-order valence-corrected chi connectivity index (χ0v) is 17.4. The summed E-state index contributed by atoms with van der Waals surface area (Å²) in [5.74, 6) is 0. The Bertz CT molecular complexity index is 837. The summed E-state index contributed by atoms with van der Waals surface area (Å²) in [6, 6.07) is 12.5. The van der Waals surface area contributed by atoms with E-state index in [1.165, 1.54) is 12.5 Å². The summed E-state index contributed by atoms with van der Waals surface area (Å²) >= 11 is 5.28. The van der Waals surface area contributed by atoms with Crippen LogP contribution in [-0.2, 0) is 6.18 Å². The van der Waals surface area contributed by atoms with Gasteiger partial charge in [0.25, 0.3) is 0 Å². The minimum absolute atomic E-state index is 0.0546. The number of alkyl halides is 3. The third-order valence-corrected chi connectivity index (χ3v) is 5.37. The molecule has 30 heavy (non-hydrogen) atoms. The third-order valence-electron chi connectivity index (χ3n) is 5.15. The van der Waals surface area contributed by atoms with Crippen molar-refractivity contribution in [2.75, 3.05) is 23.3 Å². The molecule has 0 aromatic heterocycles. The Balaban J connectivity index is 1.81. The van der Waals surface area contributed by atoms with E-state index in [2.05, 4.69) is 15.5 Å². The first-order valence-electron chi connectivity index (χ1n) is 10.1. The van der Waals surface area contributed by atoms with Crippen LogP contribution >= 0.6 is 12.2 Å². The van der Waals surface area contributed by atoms with Gasteiger partial charge in [0.15, 0.2) is 11.3 Å². The van der Waals surface area contributed by atoms with Gasteiger partial charge in [-0.05, 0) is 43.3 Å². The maximum absolute atomic E-state index is 13.3. The van der Waals surface area contributed by atoms with Crippen LogP contribution in [0.2, 0.25) is 0 Å². The maximum Gasteiger partial charge on any atom is 0.416 e. The molecule has 1 aliphatic rings. The molecule has 1 unspecified atom stereocenters. The van der Waals surface area contributed by atoms with Gasteiger partial charge < -0.3 is 20.6 Å². The van der Waals surface area contributed by atoms with Crippen molar-refractivity contribution in [1.82, 2.24) is 5.32 Å². The molecule has 3 rings (SSSR count). The summed E-state index contributed by atoms with van der Waals surface area (Å²) < 4.78 is 39.9. The molecule has 0 bridgehead atoms. The van der Waals surface area contributed by atoms with Crippen LogP contribution in [0.3, 0.4) is 0 Å². The van der Waals surface area contributed by atoms with Crippen molar-refractivity contribution in [2.24, 2.45) is 0 Å². The number of halogens is 3. The number of aliphatic hydroxyl groups excluding tert-OH is 1. The second-order valence-corrected chi connectivity index (χ2v) is 7.80. The first-order valence-corrected chi connectivity index (χ1v) is 10.5. The molecular formula is C22H26F3N3OS. The number of hydrogen-bond donors (Lipinski definition) is 3. The molecule has 0 amide bonds. The van der Waals surface area contributed by atoms with Crippen molar-refractivity contribution in [3.63, 3.8) is 0 Å². The quantitative estimate of drug-likeness (QED) is 0.438. The van der Waals surface area contributed by atoms with Gasteiger partial charge in [0, 0.05) is 18.7 Å². The maximum atomic E-state index is 13.3. The molecule has 1 heterocycles. The number of nitrogens with one attached hydrogen (secondary N) is 2. The summed E-state index contributed by atoms with van der Waals surface area (Å²) in [6.45, 7) is 1.57. The van der Waals surface area contributed by atoms with Gasteiger partial charge in [-0.15, -0.1) is 0 Å². The van der Waals surface area contributed by atoms with E-state index in [4.69, 9.17) is 12.2 Å². The fraction of sp³-hybridized carbons (Fsp3) is 0.409. The van der Waals surface area contributed by atoms with E-state index in [-0.39, 0.29) is 10.8 Å². The third kappa shape index (κ3) is 6.09. The Labute approximate surface area is 180 Å². The van der Waals surface area contributed by atoms with Crippen LogP contribution in [0, 0.1) is 0 Å². The monoisotopic (exact) mass is 437 g/mol. The highest BCUT2D eigenvalue weighted by Crippen LogP contribution is 2.36. The number of aliphatic hydroxyl groups is 1. The van der Waals surface area contributed by atoms with Gasteiger partial charge in [0.05, 0.1) is 16.9 Å². The van der Waals surface area contributed by atoms with Crippen molar-refractivity contribution in [3.05, 3.63) is 59.7 Å². The molecule has 8 heteroatoms. The molecule has 0 radical (unpaired) electrons. The van der Waals surface area contributed by atoms with Crippen LogP contribution in [0.5, 0.6) is 0 Å². The second-order valence-electron chi connectivity index (χ2n) is 7.40. The summed E-state index contributed by atoms with van der Waals surface area (Å²) in [5.41, 5.74) is 0.827. The van der Waals surface area contributed by atoms with E-state index in [0.29, 0.717) is 11.3 Å². The molecule has 2 aromatic carbocycles. The summed E-state index contributed by atoms with van der Waals surface area (Å²) in [6.07, 6.45) is -0.110. The van der Waals surface area contributed by atoms with Gasteiger partial charge >= 0.3 is 6.18 Å². The molecular weight excluding hydrogens is 411 g/mol. The van der Waals surface area contributed by atoms with Crippen LogP contribution in [0.25, 0.3) is 0 Å². The van der Waals surface area contributed by atoms with Gasteiger partial charge in [-0.2, -0.15) is 13.2 Å². The van der Waals surface area contributed by atoms with E-state index in [0.717, 1.165) is 50.9 Å². The van der Waals surface area contributed by atoms with Gasteiger partial charge in [-0.25, -0.2) is 0 Å². The Morgan fingerprint density at radius 1 is 0.967 bits per heavy atom. The van der Waals surface area contributed by atoms with E-state index in [1.807, 2.05) is 6.07 Å². The van der Waals surface area contributed by atoms with E-state index < -0.39 is 18.0 Å². The average Bonchev–Trinajstić information content (AvgIpc) is 2.68. The molecule has 1 fully saturated rings. The molecule has 1 atom stereocenters. The Morgan fingerprint density at radius 2 is 1.60 bits per heavy atom. The highest BCUT2D eigenvalue weighted by atomic mass is 32.1. The van der Waals surface area contributed by atoms with Gasteiger partial charge in [0.2, 0.25) is 0 Å². The first-order chi connectivity index (χ1) is 14.3. The lowest BCUT2D eigenvalue weighted by Gasteiger charge is -2.30. The molecule has 3 N–H and O–H groups in total.